The molecule has 0 fully saturated rings. The highest BCUT2D eigenvalue weighted by atomic mass is 28.3. The SMILES string of the molecule is CCC(CC)[Si](c1ccccc1)(c1ccccc1)c1cc2ccnc(-c3cc(C(C)C)c4ccccc4c3)c2o1. The monoisotopic (exact) mass is 539 g/mol. The van der Waals surface area contributed by atoms with Crippen LogP contribution in [0, 0.1) is 0 Å². The number of fused-ring (bicyclic) bond motifs is 2. The Morgan fingerprint density at radius 2 is 1.32 bits per heavy atom. The predicted molar refractivity (Wildman–Crippen MR) is 173 cm³/mol. The van der Waals surface area contributed by atoms with Crippen molar-refractivity contribution in [2.24, 2.45) is 0 Å². The van der Waals surface area contributed by atoms with Gasteiger partial charge in [0, 0.05) is 17.1 Å². The Balaban J connectivity index is 1.65. The Morgan fingerprint density at radius 1 is 0.700 bits per heavy atom. The number of hydrogen-bond acceptors (Lipinski definition) is 2. The molecule has 0 radical (unpaired) electrons. The summed E-state index contributed by atoms with van der Waals surface area (Å²) < 4.78 is 7.12. The molecular weight excluding hydrogens is 502 g/mol. The zero-order chi connectivity index (χ0) is 27.7. The van der Waals surface area contributed by atoms with Crippen molar-refractivity contribution >= 4 is 45.6 Å². The van der Waals surface area contributed by atoms with Gasteiger partial charge in [0.25, 0.3) is 0 Å². The lowest BCUT2D eigenvalue weighted by Gasteiger charge is -2.37. The highest BCUT2D eigenvalue weighted by Gasteiger charge is 2.48. The molecule has 2 aromatic heterocycles. The predicted octanol–water partition coefficient (Wildman–Crippen LogP) is 8.43. The van der Waals surface area contributed by atoms with Gasteiger partial charge >= 0.3 is 0 Å². The van der Waals surface area contributed by atoms with Crippen LogP contribution in [0.4, 0.5) is 0 Å². The van der Waals surface area contributed by atoms with E-state index in [1.807, 2.05) is 6.20 Å². The van der Waals surface area contributed by atoms with Crippen LogP contribution in [0.15, 0.2) is 120 Å². The maximum absolute atomic E-state index is 7.12. The van der Waals surface area contributed by atoms with Crippen LogP contribution >= 0.6 is 0 Å². The molecule has 4 aromatic carbocycles. The van der Waals surface area contributed by atoms with E-state index in [1.54, 1.807) is 0 Å². The molecule has 0 atom stereocenters. The second-order valence-electron chi connectivity index (χ2n) is 11.2. The molecule has 40 heavy (non-hydrogen) atoms. The quantitative estimate of drug-likeness (QED) is 0.181. The number of rotatable bonds is 8. The first-order chi connectivity index (χ1) is 19.6. The molecule has 0 bridgehead atoms. The molecule has 0 saturated heterocycles. The van der Waals surface area contributed by atoms with Crippen molar-refractivity contribution in [2.75, 3.05) is 0 Å². The van der Waals surface area contributed by atoms with Gasteiger partial charge < -0.3 is 4.42 Å². The fraction of sp³-hybridized carbons (Fsp3) is 0.216. The van der Waals surface area contributed by atoms with E-state index < -0.39 is 8.07 Å². The Labute approximate surface area is 238 Å². The molecule has 2 nitrogen and oxygen atoms in total. The van der Waals surface area contributed by atoms with Gasteiger partial charge in [0.1, 0.15) is 5.69 Å². The van der Waals surface area contributed by atoms with Crippen LogP contribution in [-0.4, -0.2) is 13.1 Å². The molecule has 6 rings (SSSR count). The average Bonchev–Trinajstić information content (AvgIpc) is 3.44. The van der Waals surface area contributed by atoms with Gasteiger partial charge in [-0.2, -0.15) is 0 Å². The number of pyridine rings is 1. The largest absolute Gasteiger partial charge is 0.463 e. The summed E-state index contributed by atoms with van der Waals surface area (Å²) in [5.41, 5.74) is 4.75. The van der Waals surface area contributed by atoms with Crippen molar-refractivity contribution in [2.45, 2.75) is 52.0 Å². The lowest BCUT2D eigenvalue weighted by atomic mass is 9.92. The molecule has 2 heterocycles. The minimum atomic E-state index is -2.53. The zero-order valence-corrected chi connectivity index (χ0v) is 24.9. The topological polar surface area (TPSA) is 26.0 Å². The van der Waals surface area contributed by atoms with E-state index in [-0.39, 0.29) is 0 Å². The van der Waals surface area contributed by atoms with E-state index in [0.717, 1.165) is 40.5 Å². The first-order valence-electron chi connectivity index (χ1n) is 14.6. The Bertz CT molecular complexity index is 1710. The Kier molecular flexibility index (Phi) is 7.16. The van der Waals surface area contributed by atoms with Gasteiger partial charge in [0.05, 0.1) is 5.38 Å². The summed E-state index contributed by atoms with van der Waals surface area (Å²) in [7, 11) is -2.53. The van der Waals surface area contributed by atoms with Crippen molar-refractivity contribution in [3.63, 3.8) is 0 Å². The molecular formula is C37H37NOSi. The van der Waals surface area contributed by atoms with Gasteiger partial charge in [-0.25, -0.2) is 0 Å². The van der Waals surface area contributed by atoms with E-state index in [0.29, 0.717) is 11.5 Å². The van der Waals surface area contributed by atoms with E-state index in [4.69, 9.17) is 9.40 Å². The van der Waals surface area contributed by atoms with Crippen LogP contribution in [0.1, 0.15) is 52.0 Å². The third-order valence-electron chi connectivity index (χ3n) is 8.67. The van der Waals surface area contributed by atoms with Gasteiger partial charge in [-0.1, -0.05) is 125 Å². The molecule has 0 N–H and O–H groups in total. The summed E-state index contributed by atoms with van der Waals surface area (Å²) >= 11 is 0. The van der Waals surface area contributed by atoms with E-state index in [9.17, 15) is 0 Å². The minimum Gasteiger partial charge on any atom is -0.463 e. The second-order valence-corrected chi connectivity index (χ2v) is 15.3. The molecule has 0 unspecified atom stereocenters. The van der Waals surface area contributed by atoms with Crippen LogP contribution in [0.2, 0.25) is 5.54 Å². The standard InChI is InChI=1S/C37H37NOSi/c1-5-30(6-2)40(31-16-9-7-10-17-31,32-18-11-8-12-19-32)35-25-28-21-22-38-36(37(28)39-35)29-23-27-15-13-14-20-33(27)34(24-29)26(3)4/h7-26,30H,5-6H2,1-4H3. The fourth-order valence-corrected chi connectivity index (χ4v) is 12.3. The van der Waals surface area contributed by atoms with Gasteiger partial charge in [-0.05, 0) is 62.4 Å². The highest BCUT2D eigenvalue weighted by molar-refractivity contribution is 7.11. The molecule has 0 spiro atoms. The van der Waals surface area contributed by atoms with Crippen molar-refractivity contribution in [1.82, 2.24) is 4.98 Å². The summed E-state index contributed by atoms with van der Waals surface area (Å²) in [6.07, 6.45) is 4.13. The van der Waals surface area contributed by atoms with Gasteiger partial charge in [-0.3, -0.25) is 4.98 Å². The number of aromatic nitrogens is 1. The third kappa shape index (κ3) is 4.29. The van der Waals surface area contributed by atoms with E-state index in [2.05, 4.69) is 137 Å². The Hall–Kier alpha value is -3.95. The van der Waals surface area contributed by atoms with Crippen molar-refractivity contribution < 1.29 is 4.42 Å². The lowest BCUT2D eigenvalue weighted by Crippen LogP contribution is -2.69. The molecule has 0 amide bonds. The third-order valence-corrected chi connectivity index (χ3v) is 14.2. The average molecular weight is 540 g/mol. The number of nitrogens with zero attached hydrogens (tertiary/aromatic N) is 1. The molecule has 0 aliphatic heterocycles. The first kappa shape index (κ1) is 26.3. The van der Waals surface area contributed by atoms with Crippen LogP contribution in [0.25, 0.3) is 33.0 Å². The van der Waals surface area contributed by atoms with E-state index in [1.165, 1.54) is 26.7 Å². The number of furan rings is 1. The van der Waals surface area contributed by atoms with Crippen LogP contribution < -0.4 is 15.8 Å². The summed E-state index contributed by atoms with van der Waals surface area (Å²) in [6, 6.07) is 39.9. The van der Waals surface area contributed by atoms with Crippen molar-refractivity contribution in [3.8, 4) is 11.3 Å². The van der Waals surface area contributed by atoms with Crippen LogP contribution in [0.3, 0.4) is 0 Å². The van der Waals surface area contributed by atoms with Crippen LogP contribution in [-0.2, 0) is 0 Å². The molecule has 200 valence electrons. The second kappa shape index (κ2) is 10.9. The first-order valence-corrected chi connectivity index (χ1v) is 16.7. The summed E-state index contributed by atoms with van der Waals surface area (Å²) in [5.74, 6) is 0.405. The maximum Gasteiger partial charge on any atom is 0.196 e. The smallest absolute Gasteiger partial charge is 0.196 e. The maximum atomic E-state index is 7.12. The summed E-state index contributed by atoms with van der Waals surface area (Å²) in [4.78, 5) is 4.93. The number of benzene rings is 4. The zero-order valence-electron chi connectivity index (χ0n) is 23.9. The summed E-state index contributed by atoms with van der Waals surface area (Å²) in [6.45, 7) is 9.19. The normalized spacial score (nSPS) is 12.2. The van der Waals surface area contributed by atoms with Crippen molar-refractivity contribution in [3.05, 3.63) is 121 Å². The van der Waals surface area contributed by atoms with Gasteiger partial charge in [-0.15, -0.1) is 0 Å². The molecule has 6 aromatic rings. The summed E-state index contributed by atoms with van der Waals surface area (Å²) in [5, 5.41) is 7.58. The van der Waals surface area contributed by atoms with E-state index >= 15 is 0 Å². The lowest BCUT2D eigenvalue weighted by molar-refractivity contribution is 0.640. The molecule has 0 saturated carbocycles. The molecule has 3 heteroatoms. The Morgan fingerprint density at radius 3 is 1.95 bits per heavy atom. The highest BCUT2D eigenvalue weighted by Crippen LogP contribution is 2.36. The van der Waals surface area contributed by atoms with Gasteiger partial charge in [0.2, 0.25) is 0 Å². The minimum absolute atomic E-state index is 0.405. The van der Waals surface area contributed by atoms with Crippen molar-refractivity contribution in [1.29, 1.82) is 0 Å². The van der Waals surface area contributed by atoms with Crippen LogP contribution in [0.5, 0.6) is 0 Å². The fourth-order valence-electron chi connectivity index (χ4n) is 6.75. The molecule has 0 aliphatic carbocycles. The molecule has 0 aliphatic rings. The van der Waals surface area contributed by atoms with Gasteiger partial charge in [0.15, 0.2) is 13.7 Å². The number of hydrogen-bond donors (Lipinski definition) is 0.